The van der Waals surface area contributed by atoms with Gasteiger partial charge in [0.05, 0.1) is 24.2 Å². The zero-order valence-corrected chi connectivity index (χ0v) is 13.6. The van der Waals surface area contributed by atoms with Gasteiger partial charge >= 0.3 is 0 Å². The van der Waals surface area contributed by atoms with Crippen LogP contribution in [0.4, 0.5) is 5.69 Å². The van der Waals surface area contributed by atoms with Crippen LogP contribution in [-0.4, -0.2) is 52.4 Å². The number of nitrogens with one attached hydrogen (secondary N) is 1. The number of fused-ring (bicyclic) bond motifs is 1. The fourth-order valence-corrected chi connectivity index (χ4v) is 2.74. The van der Waals surface area contributed by atoms with Gasteiger partial charge < -0.3 is 25.8 Å². The molecule has 3 aromatic rings. The number of anilines is 1. The fourth-order valence-electron chi connectivity index (χ4n) is 2.74. The number of hydrogen-bond acceptors (Lipinski definition) is 5. The number of rotatable bonds is 7. The van der Waals surface area contributed by atoms with Crippen molar-refractivity contribution in [2.24, 2.45) is 5.73 Å². The normalized spacial score (nSPS) is 11.0. The molecule has 5 N–H and O–H groups in total. The van der Waals surface area contributed by atoms with Gasteiger partial charge in [-0.1, -0.05) is 0 Å². The van der Waals surface area contributed by atoms with E-state index >= 15 is 0 Å². The summed E-state index contributed by atoms with van der Waals surface area (Å²) in [6.07, 6.45) is 0. The van der Waals surface area contributed by atoms with Crippen molar-refractivity contribution in [2.75, 3.05) is 31.2 Å². The molecule has 25 heavy (non-hydrogen) atoms. The Morgan fingerprint density at radius 2 is 1.76 bits per heavy atom. The largest absolute Gasteiger partial charge is 0.395 e. The molecular weight excluding hydrogens is 320 g/mol. The van der Waals surface area contributed by atoms with Crippen molar-refractivity contribution in [1.82, 2.24) is 9.97 Å². The van der Waals surface area contributed by atoms with Crippen LogP contribution in [0.2, 0.25) is 0 Å². The van der Waals surface area contributed by atoms with Crippen LogP contribution in [0.25, 0.3) is 22.4 Å². The number of aromatic amines is 1. The maximum Gasteiger partial charge on any atom is 0.248 e. The molecular formula is C18H20N4O3. The van der Waals surface area contributed by atoms with Gasteiger partial charge in [-0.2, -0.15) is 0 Å². The topological polar surface area (TPSA) is 115 Å². The first-order chi connectivity index (χ1) is 12.1. The number of aliphatic hydroxyl groups is 2. The van der Waals surface area contributed by atoms with Crippen molar-refractivity contribution in [3.63, 3.8) is 0 Å². The van der Waals surface area contributed by atoms with Crippen LogP contribution in [0.3, 0.4) is 0 Å². The number of nitrogens with two attached hydrogens (primary N) is 1. The van der Waals surface area contributed by atoms with E-state index in [0.29, 0.717) is 24.5 Å². The lowest BCUT2D eigenvalue weighted by atomic mass is 10.2. The van der Waals surface area contributed by atoms with E-state index in [1.54, 1.807) is 18.2 Å². The van der Waals surface area contributed by atoms with Crippen LogP contribution in [0.5, 0.6) is 0 Å². The van der Waals surface area contributed by atoms with Crippen molar-refractivity contribution < 1.29 is 15.0 Å². The number of carbonyl (C=O) groups excluding carboxylic acids is 1. The Hall–Kier alpha value is -2.90. The molecule has 3 rings (SSSR count). The lowest BCUT2D eigenvalue weighted by Crippen LogP contribution is -2.29. The van der Waals surface area contributed by atoms with E-state index in [2.05, 4.69) is 9.97 Å². The molecule has 0 fully saturated rings. The third-order valence-corrected chi connectivity index (χ3v) is 4.01. The van der Waals surface area contributed by atoms with Crippen LogP contribution in [0.15, 0.2) is 42.5 Å². The van der Waals surface area contributed by atoms with Gasteiger partial charge in [-0.05, 0) is 42.5 Å². The molecule has 1 heterocycles. The number of hydrogen-bond donors (Lipinski definition) is 4. The van der Waals surface area contributed by atoms with Crippen LogP contribution in [0, 0.1) is 0 Å². The minimum absolute atomic E-state index is 0.0214. The van der Waals surface area contributed by atoms with E-state index in [0.717, 1.165) is 22.3 Å². The zero-order chi connectivity index (χ0) is 17.8. The highest BCUT2D eigenvalue weighted by Gasteiger charge is 2.10. The van der Waals surface area contributed by atoms with Gasteiger partial charge in [0.15, 0.2) is 0 Å². The number of nitrogens with zero attached hydrogens (tertiary/aromatic N) is 2. The molecule has 0 aliphatic heterocycles. The first-order valence-corrected chi connectivity index (χ1v) is 7.99. The van der Waals surface area contributed by atoms with Crippen LogP contribution in [0.1, 0.15) is 10.4 Å². The van der Waals surface area contributed by atoms with E-state index in [9.17, 15) is 4.79 Å². The molecule has 0 atom stereocenters. The van der Waals surface area contributed by atoms with E-state index < -0.39 is 5.91 Å². The molecule has 0 unspecified atom stereocenters. The lowest BCUT2D eigenvalue weighted by molar-refractivity contribution is 0.100. The molecule has 0 radical (unpaired) electrons. The Labute approximate surface area is 144 Å². The SMILES string of the molecule is NC(=O)c1ccc2nc(-c3ccc(N(CCO)CCO)cc3)[nH]c2c1. The average Bonchev–Trinajstić information content (AvgIpc) is 3.05. The van der Waals surface area contributed by atoms with Gasteiger partial charge in [0.1, 0.15) is 5.82 Å². The van der Waals surface area contributed by atoms with Gasteiger partial charge in [-0.25, -0.2) is 4.98 Å². The Kier molecular flexibility index (Phi) is 4.97. The second-order valence-corrected chi connectivity index (χ2v) is 5.66. The van der Waals surface area contributed by atoms with Crippen LogP contribution >= 0.6 is 0 Å². The van der Waals surface area contributed by atoms with Gasteiger partial charge in [0.25, 0.3) is 0 Å². The predicted molar refractivity (Wildman–Crippen MR) is 96.4 cm³/mol. The number of carbonyl (C=O) groups is 1. The monoisotopic (exact) mass is 340 g/mol. The second kappa shape index (κ2) is 7.33. The van der Waals surface area contributed by atoms with Crippen molar-refractivity contribution in [2.45, 2.75) is 0 Å². The molecule has 7 nitrogen and oxygen atoms in total. The molecule has 0 saturated carbocycles. The first-order valence-electron chi connectivity index (χ1n) is 7.99. The highest BCUT2D eigenvalue weighted by molar-refractivity contribution is 5.96. The van der Waals surface area contributed by atoms with Gasteiger partial charge in [-0.3, -0.25) is 4.79 Å². The van der Waals surface area contributed by atoms with E-state index in [1.165, 1.54) is 0 Å². The standard InChI is InChI=1S/C18H20N4O3/c19-17(25)13-3-6-15-16(11-13)21-18(20-15)12-1-4-14(5-2-12)22(7-9-23)8-10-24/h1-6,11,23-24H,7-10H2,(H2,19,25)(H,20,21). The summed E-state index contributed by atoms with van der Waals surface area (Å²) >= 11 is 0. The van der Waals surface area contributed by atoms with E-state index in [1.807, 2.05) is 29.2 Å². The summed E-state index contributed by atoms with van der Waals surface area (Å²) in [6.45, 7) is 0.960. The number of aromatic nitrogens is 2. The number of H-pyrrole nitrogens is 1. The Morgan fingerprint density at radius 3 is 2.36 bits per heavy atom. The predicted octanol–water partition coefficient (Wildman–Crippen LogP) is 1.12. The quantitative estimate of drug-likeness (QED) is 0.514. The first kappa shape index (κ1) is 16.9. The maximum atomic E-state index is 11.3. The van der Waals surface area contributed by atoms with Gasteiger partial charge in [0.2, 0.25) is 5.91 Å². The highest BCUT2D eigenvalue weighted by atomic mass is 16.3. The van der Waals surface area contributed by atoms with Crippen LogP contribution < -0.4 is 10.6 Å². The Balaban J connectivity index is 1.89. The second-order valence-electron chi connectivity index (χ2n) is 5.66. The third kappa shape index (κ3) is 3.62. The number of imidazole rings is 1. The molecule has 7 heteroatoms. The van der Waals surface area contributed by atoms with Crippen LogP contribution in [-0.2, 0) is 0 Å². The third-order valence-electron chi connectivity index (χ3n) is 4.01. The summed E-state index contributed by atoms with van der Waals surface area (Å²) in [7, 11) is 0. The summed E-state index contributed by atoms with van der Waals surface area (Å²) < 4.78 is 0. The average molecular weight is 340 g/mol. The highest BCUT2D eigenvalue weighted by Crippen LogP contribution is 2.24. The van der Waals surface area contributed by atoms with E-state index in [4.69, 9.17) is 15.9 Å². The summed E-state index contributed by atoms with van der Waals surface area (Å²) in [5.41, 5.74) is 9.05. The zero-order valence-electron chi connectivity index (χ0n) is 13.6. The number of aliphatic hydroxyl groups excluding tert-OH is 2. The maximum absolute atomic E-state index is 11.3. The van der Waals surface area contributed by atoms with Crippen molar-refractivity contribution in [3.05, 3.63) is 48.0 Å². The molecule has 2 aromatic carbocycles. The molecule has 0 spiro atoms. The van der Waals surface area contributed by atoms with Crippen molar-refractivity contribution in [1.29, 1.82) is 0 Å². The lowest BCUT2D eigenvalue weighted by Gasteiger charge is -2.22. The molecule has 0 saturated heterocycles. The van der Waals surface area contributed by atoms with Gasteiger partial charge in [-0.15, -0.1) is 0 Å². The van der Waals surface area contributed by atoms with Crippen molar-refractivity contribution >= 4 is 22.6 Å². The minimum atomic E-state index is -0.477. The summed E-state index contributed by atoms with van der Waals surface area (Å²) in [5, 5.41) is 18.3. The Bertz CT molecular complexity index is 868. The summed E-state index contributed by atoms with van der Waals surface area (Å²) in [6, 6.07) is 12.8. The van der Waals surface area contributed by atoms with Gasteiger partial charge in [0, 0.05) is 29.9 Å². The Morgan fingerprint density at radius 1 is 1.08 bits per heavy atom. The molecule has 0 aliphatic rings. The number of primary amides is 1. The number of amides is 1. The minimum Gasteiger partial charge on any atom is -0.395 e. The van der Waals surface area contributed by atoms with E-state index in [-0.39, 0.29) is 13.2 Å². The number of benzene rings is 2. The fraction of sp³-hybridized carbons (Fsp3) is 0.222. The molecule has 0 aliphatic carbocycles. The smallest absolute Gasteiger partial charge is 0.248 e. The summed E-state index contributed by atoms with van der Waals surface area (Å²) in [4.78, 5) is 20.9. The molecule has 1 aromatic heterocycles. The molecule has 1 amide bonds. The molecule has 130 valence electrons. The van der Waals surface area contributed by atoms with Crippen molar-refractivity contribution in [3.8, 4) is 11.4 Å². The summed E-state index contributed by atoms with van der Waals surface area (Å²) in [5.74, 6) is 0.217. The molecule has 0 bridgehead atoms.